The van der Waals surface area contributed by atoms with Crippen LogP contribution in [0.1, 0.15) is 42.1 Å². The predicted molar refractivity (Wildman–Crippen MR) is 126 cm³/mol. The lowest BCUT2D eigenvalue weighted by molar-refractivity contribution is -0.135. The largest absolute Gasteiger partial charge is 0.466 e. The molecule has 32 heavy (non-hydrogen) atoms. The van der Waals surface area contributed by atoms with Crippen LogP contribution in [-0.4, -0.2) is 63.3 Å². The molecule has 0 bridgehead atoms. The second kappa shape index (κ2) is 9.28. The SMILES string of the molecule is Cc1cc(C)c2c(OCC(=O)N3CCN(Cc4ccc(C(C)C)cc4)CC3)nn(C)c2n1. The van der Waals surface area contributed by atoms with E-state index in [-0.39, 0.29) is 12.5 Å². The van der Waals surface area contributed by atoms with Crippen LogP contribution < -0.4 is 4.74 Å². The number of hydrogen-bond donors (Lipinski definition) is 0. The van der Waals surface area contributed by atoms with Crippen molar-refractivity contribution in [1.82, 2.24) is 24.6 Å². The minimum absolute atomic E-state index is 0.00228. The van der Waals surface area contributed by atoms with Crippen molar-refractivity contribution in [3.63, 3.8) is 0 Å². The van der Waals surface area contributed by atoms with E-state index >= 15 is 0 Å². The van der Waals surface area contributed by atoms with Gasteiger partial charge in [-0.05, 0) is 42.5 Å². The molecule has 1 aliphatic heterocycles. The summed E-state index contributed by atoms with van der Waals surface area (Å²) in [4.78, 5) is 21.6. The second-order valence-corrected chi connectivity index (χ2v) is 9.05. The Labute approximate surface area is 190 Å². The zero-order chi connectivity index (χ0) is 22.8. The molecule has 0 atom stereocenters. The molecule has 0 N–H and O–H groups in total. The van der Waals surface area contributed by atoms with Gasteiger partial charge in [0.1, 0.15) is 0 Å². The van der Waals surface area contributed by atoms with Crippen LogP contribution in [-0.2, 0) is 18.4 Å². The summed E-state index contributed by atoms with van der Waals surface area (Å²) in [7, 11) is 1.85. The van der Waals surface area contributed by atoms with Gasteiger partial charge in [-0.1, -0.05) is 38.1 Å². The van der Waals surface area contributed by atoms with Gasteiger partial charge < -0.3 is 9.64 Å². The molecular formula is C25H33N5O2. The molecule has 1 aromatic carbocycles. The van der Waals surface area contributed by atoms with Crippen LogP contribution in [0.3, 0.4) is 0 Å². The van der Waals surface area contributed by atoms with Crippen LogP contribution in [0, 0.1) is 13.8 Å². The Morgan fingerprint density at radius 1 is 1.09 bits per heavy atom. The Bertz CT molecular complexity index is 1100. The van der Waals surface area contributed by atoms with E-state index in [0.717, 1.165) is 55.0 Å². The van der Waals surface area contributed by atoms with Gasteiger partial charge in [0.2, 0.25) is 5.88 Å². The van der Waals surface area contributed by atoms with Gasteiger partial charge in [0, 0.05) is 45.5 Å². The van der Waals surface area contributed by atoms with Crippen LogP contribution in [0.4, 0.5) is 0 Å². The lowest BCUT2D eigenvalue weighted by Gasteiger charge is -2.34. The summed E-state index contributed by atoms with van der Waals surface area (Å²) in [6, 6.07) is 10.9. The molecule has 7 heteroatoms. The highest BCUT2D eigenvalue weighted by Crippen LogP contribution is 2.27. The smallest absolute Gasteiger partial charge is 0.260 e. The highest BCUT2D eigenvalue weighted by atomic mass is 16.5. The van der Waals surface area contributed by atoms with Crippen molar-refractivity contribution in [3.8, 4) is 5.88 Å². The number of fused-ring (bicyclic) bond motifs is 1. The Morgan fingerprint density at radius 3 is 2.44 bits per heavy atom. The molecule has 1 saturated heterocycles. The van der Waals surface area contributed by atoms with E-state index in [9.17, 15) is 4.79 Å². The maximum Gasteiger partial charge on any atom is 0.260 e. The first-order valence-electron chi connectivity index (χ1n) is 11.3. The van der Waals surface area contributed by atoms with Gasteiger partial charge in [0.15, 0.2) is 12.3 Å². The van der Waals surface area contributed by atoms with Crippen molar-refractivity contribution in [3.05, 3.63) is 52.7 Å². The Morgan fingerprint density at radius 2 is 1.78 bits per heavy atom. The van der Waals surface area contributed by atoms with Gasteiger partial charge in [-0.25, -0.2) is 9.67 Å². The van der Waals surface area contributed by atoms with Gasteiger partial charge in [-0.2, -0.15) is 0 Å². The molecule has 0 saturated carbocycles. The molecule has 3 aromatic rings. The standard InChI is InChI=1S/C25H33N5O2/c1-17(2)21-8-6-20(7-9-21)15-29-10-12-30(13-11-29)22(31)16-32-25-23-18(3)14-19(4)26-24(23)28(5)27-25/h6-9,14,17H,10-13,15-16H2,1-5H3. The minimum atomic E-state index is -0.00387. The van der Waals surface area contributed by atoms with Gasteiger partial charge in [-0.15, -0.1) is 5.10 Å². The molecule has 0 unspecified atom stereocenters. The predicted octanol–water partition coefficient (Wildman–Crippen LogP) is 3.43. The quantitative estimate of drug-likeness (QED) is 0.594. The van der Waals surface area contributed by atoms with Gasteiger partial charge in [0.25, 0.3) is 5.91 Å². The number of aryl methyl sites for hydroxylation is 3. The van der Waals surface area contributed by atoms with Gasteiger partial charge in [-0.3, -0.25) is 9.69 Å². The number of benzene rings is 1. The lowest BCUT2D eigenvalue weighted by Crippen LogP contribution is -2.49. The number of piperazine rings is 1. The number of rotatable bonds is 6. The molecule has 3 heterocycles. The molecule has 4 rings (SSSR count). The first-order valence-corrected chi connectivity index (χ1v) is 11.3. The fourth-order valence-corrected chi connectivity index (χ4v) is 4.29. The van der Waals surface area contributed by atoms with Crippen LogP contribution in [0.2, 0.25) is 0 Å². The first-order chi connectivity index (χ1) is 15.3. The van der Waals surface area contributed by atoms with Gasteiger partial charge >= 0.3 is 0 Å². The van der Waals surface area contributed by atoms with Crippen LogP contribution in [0.25, 0.3) is 11.0 Å². The summed E-state index contributed by atoms with van der Waals surface area (Å²) >= 11 is 0. The number of carbonyl (C=O) groups excluding carboxylic acids is 1. The van der Waals surface area contributed by atoms with Crippen LogP contribution in [0.5, 0.6) is 5.88 Å². The van der Waals surface area contributed by atoms with Crippen LogP contribution in [0.15, 0.2) is 30.3 Å². The van der Waals surface area contributed by atoms with Crippen molar-refractivity contribution in [2.45, 2.75) is 40.2 Å². The number of hydrogen-bond acceptors (Lipinski definition) is 5. The van der Waals surface area contributed by atoms with E-state index in [2.05, 4.69) is 53.1 Å². The zero-order valence-electron chi connectivity index (χ0n) is 19.8. The van der Waals surface area contributed by atoms with Crippen LogP contribution >= 0.6 is 0 Å². The minimum Gasteiger partial charge on any atom is -0.466 e. The molecule has 7 nitrogen and oxygen atoms in total. The molecule has 1 fully saturated rings. The maximum absolute atomic E-state index is 12.8. The number of nitrogens with zero attached hydrogens (tertiary/aromatic N) is 5. The molecule has 0 spiro atoms. The van der Waals surface area contributed by atoms with E-state index in [1.165, 1.54) is 11.1 Å². The van der Waals surface area contributed by atoms with Crippen molar-refractivity contribution >= 4 is 16.9 Å². The first kappa shape index (κ1) is 22.3. The Hall–Kier alpha value is -2.93. The van der Waals surface area contributed by atoms with Crippen molar-refractivity contribution < 1.29 is 9.53 Å². The Balaban J connectivity index is 1.30. The molecular weight excluding hydrogens is 402 g/mol. The van der Waals surface area contributed by atoms with E-state index < -0.39 is 0 Å². The third-order valence-electron chi connectivity index (χ3n) is 6.20. The van der Waals surface area contributed by atoms with E-state index in [1.54, 1.807) is 4.68 Å². The summed E-state index contributed by atoms with van der Waals surface area (Å²) in [5.41, 5.74) is 5.46. The second-order valence-electron chi connectivity index (χ2n) is 9.05. The highest BCUT2D eigenvalue weighted by molar-refractivity contribution is 5.85. The normalized spacial score (nSPS) is 15.0. The summed E-state index contributed by atoms with van der Waals surface area (Å²) in [6.07, 6.45) is 0. The topological polar surface area (TPSA) is 63.5 Å². The third-order valence-corrected chi connectivity index (χ3v) is 6.20. The number of aromatic nitrogens is 3. The summed E-state index contributed by atoms with van der Waals surface area (Å²) in [5.74, 6) is 1.03. The molecule has 1 aliphatic rings. The van der Waals surface area contributed by atoms with E-state index in [4.69, 9.17) is 4.74 Å². The fourth-order valence-electron chi connectivity index (χ4n) is 4.29. The molecule has 0 aliphatic carbocycles. The number of ether oxygens (including phenoxy) is 1. The van der Waals surface area contributed by atoms with Crippen molar-refractivity contribution in [2.24, 2.45) is 7.05 Å². The van der Waals surface area contributed by atoms with E-state index in [0.29, 0.717) is 11.8 Å². The average molecular weight is 436 g/mol. The zero-order valence-corrected chi connectivity index (χ0v) is 19.8. The van der Waals surface area contributed by atoms with Crippen molar-refractivity contribution in [2.75, 3.05) is 32.8 Å². The maximum atomic E-state index is 12.8. The highest BCUT2D eigenvalue weighted by Gasteiger charge is 2.23. The van der Waals surface area contributed by atoms with Crippen molar-refractivity contribution in [1.29, 1.82) is 0 Å². The monoisotopic (exact) mass is 435 g/mol. The number of pyridine rings is 1. The Kier molecular flexibility index (Phi) is 6.46. The average Bonchev–Trinajstić information content (AvgIpc) is 3.08. The summed E-state index contributed by atoms with van der Waals surface area (Å²) < 4.78 is 7.56. The van der Waals surface area contributed by atoms with E-state index in [1.807, 2.05) is 31.9 Å². The molecule has 170 valence electrons. The third kappa shape index (κ3) is 4.78. The fraction of sp³-hybridized carbons (Fsp3) is 0.480. The molecule has 1 amide bonds. The summed E-state index contributed by atoms with van der Waals surface area (Å²) in [6.45, 7) is 12.5. The molecule has 2 aromatic heterocycles. The molecule has 0 radical (unpaired) electrons. The van der Waals surface area contributed by atoms with Gasteiger partial charge in [0.05, 0.1) is 5.39 Å². The summed E-state index contributed by atoms with van der Waals surface area (Å²) in [5, 5.41) is 5.31. The lowest BCUT2D eigenvalue weighted by atomic mass is 10.0. The number of carbonyl (C=O) groups is 1. The number of amides is 1.